The predicted molar refractivity (Wildman–Crippen MR) is 121 cm³/mol. The van der Waals surface area contributed by atoms with E-state index in [2.05, 4.69) is 16.1 Å². The standard InChI is InChI=1S/C26H20F3N3O2/c1-17(19-7-3-2-4-8-19)31-23-15-24(20-9-5-6-18(14-20)16-30)32(25(23)33)21-10-12-22(13-11-21)34-26(27,28)29/h2-15,17,24,31H,1H3/t17-,24+/m1/s1. The quantitative estimate of drug-likeness (QED) is 0.503. The zero-order chi connectivity index (χ0) is 24.3. The summed E-state index contributed by atoms with van der Waals surface area (Å²) in [6, 6.07) is 23.0. The number of alkyl halides is 3. The second kappa shape index (κ2) is 9.32. The highest BCUT2D eigenvalue weighted by atomic mass is 19.4. The third-order valence-corrected chi connectivity index (χ3v) is 5.43. The summed E-state index contributed by atoms with van der Waals surface area (Å²) in [7, 11) is 0. The van der Waals surface area contributed by atoms with E-state index in [0.717, 1.165) is 17.7 Å². The minimum atomic E-state index is -4.81. The molecule has 0 aromatic heterocycles. The van der Waals surface area contributed by atoms with Gasteiger partial charge >= 0.3 is 6.36 Å². The fourth-order valence-electron chi connectivity index (χ4n) is 3.85. The first kappa shape index (κ1) is 22.9. The fraction of sp³-hybridized carbons (Fsp3) is 0.154. The van der Waals surface area contributed by atoms with Gasteiger partial charge in [-0.15, -0.1) is 13.2 Å². The van der Waals surface area contributed by atoms with Crippen molar-refractivity contribution in [3.05, 3.63) is 107 Å². The van der Waals surface area contributed by atoms with E-state index in [1.54, 1.807) is 30.3 Å². The van der Waals surface area contributed by atoms with E-state index in [4.69, 9.17) is 0 Å². The number of carbonyl (C=O) groups excluding carboxylic acids is 1. The molecule has 0 radical (unpaired) electrons. The number of carbonyl (C=O) groups is 1. The molecule has 1 heterocycles. The number of anilines is 1. The molecule has 5 nitrogen and oxygen atoms in total. The molecule has 0 unspecified atom stereocenters. The Morgan fingerprint density at radius 3 is 2.38 bits per heavy atom. The van der Waals surface area contributed by atoms with Crippen LogP contribution >= 0.6 is 0 Å². The average Bonchev–Trinajstić information content (AvgIpc) is 3.15. The number of amides is 1. The Labute approximate surface area is 194 Å². The molecule has 0 saturated carbocycles. The summed E-state index contributed by atoms with van der Waals surface area (Å²) in [5, 5.41) is 12.5. The molecule has 3 aromatic carbocycles. The van der Waals surface area contributed by atoms with Crippen LogP contribution in [0.1, 0.15) is 35.7 Å². The minimum Gasteiger partial charge on any atom is -0.406 e. The molecule has 8 heteroatoms. The van der Waals surface area contributed by atoms with Crippen LogP contribution in [0.5, 0.6) is 5.75 Å². The molecule has 1 aliphatic rings. The molecule has 0 aliphatic carbocycles. The number of nitrogens with one attached hydrogen (secondary N) is 1. The number of benzene rings is 3. The first-order valence-corrected chi connectivity index (χ1v) is 10.5. The van der Waals surface area contributed by atoms with E-state index in [1.165, 1.54) is 17.0 Å². The highest BCUT2D eigenvalue weighted by Gasteiger charge is 2.36. The maximum atomic E-state index is 13.4. The highest BCUT2D eigenvalue weighted by Crippen LogP contribution is 2.37. The van der Waals surface area contributed by atoms with Gasteiger partial charge in [-0.2, -0.15) is 5.26 Å². The summed E-state index contributed by atoms with van der Waals surface area (Å²) < 4.78 is 41.6. The Hall–Kier alpha value is -4.25. The lowest BCUT2D eigenvalue weighted by Gasteiger charge is -2.26. The molecule has 34 heavy (non-hydrogen) atoms. The van der Waals surface area contributed by atoms with Crippen LogP contribution in [-0.4, -0.2) is 12.3 Å². The third-order valence-electron chi connectivity index (χ3n) is 5.43. The van der Waals surface area contributed by atoms with Crippen LogP contribution in [0.4, 0.5) is 18.9 Å². The van der Waals surface area contributed by atoms with Crippen molar-refractivity contribution in [1.82, 2.24) is 5.32 Å². The molecule has 0 saturated heterocycles. The minimum absolute atomic E-state index is 0.162. The van der Waals surface area contributed by atoms with Crippen molar-refractivity contribution in [2.45, 2.75) is 25.4 Å². The lowest BCUT2D eigenvalue weighted by molar-refractivity contribution is -0.274. The number of halogens is 3. The Kier molecular flexibility index (Phi) is 6.28. The van der Waals surface area contributed by atoms with E-state index < -0.39 is 12.4 Å². The van der Waals surface area contributed by atoms with E-state index in [0.29, 0.717) is 22.5 Å². The molecule has 0 bridgehead atoms. The number of nitriles is 1. The molecule has 2 atom stereocenters. The molecule has 0 spiro atoms. The average molecular weight is 463 g/mol. The van der Waals surface area contributed by atoms with Gasteiger partial charge in [-0.1, -0.05) is 42.5 Å². The van der Waals surface area contributed by atoms with E-state index in [9.17, 15) is 23.2 Å². The van der Waals surface area contributed by atoms with Crippen LogP contribution in [-0.2, 0) is 4.79 Å². The Balaban J connectivity index is 1.68. The third kappa shape index (κ3) is 5.04. The number of hydrogen-bond acceptors (Lipinski definition) is 4. The van der Waals surface area contributed by atoms with E-state index in [1.807, 2.05) is 37.3 Å². The lowest BCUT2D eigenvalue weighted by Crippen LogP contribution is -2.33. The van der Waals surface area contributed by atoms with Gasteiger partial charge in [0.25, 0.3) is 5.91 Å². The molecule has 3 aromatic rings. The predicted octanol–water partition coefficient (Wildman–Crippen LogP) is 5.78. The van der Waals surface area contributed by atoms with Gasteiger partial charge in [0, 0.05) is 11.7 Å². The van der Waals surface area contributed by atoms with Crippen LogP contribution in [0.15, 0.2) is 90.6 Å². The van der Waals surface area contributed by atoms with Gasteiger partial charge < -0.3 is 10.1 Å². The topological polar surface area (TPSA) is 65.4 Å². The fourth-order valence-corrected chi connectivity index (χ4v) is 3.85. The molecule has 4 rings (SSSR count). The van der Waals surface area contributed by atoms with Crippen LogP contribution < -0.4 is 15.0 Å². The zero-order valence-electron chi connectivity index (χ0n) is 18.1. The van der Waals surface area contributed by atoms with Gasteiger partial charge in [0.15, 0.2) is 0 Å². The van der Waals surface area contributed by atoms with Gasteiger partial charge in [0.2, 0.25) is 0 Å². The molecule has 1 N–H and O–H groups in total. The normalized spacial score (nSPS) is 16.6. The second-order valence-corrected chi connectivity index (χ2v) is 7.76. The summed E-state index contributed by atoms with van der Waals surface area (Å²) >= 11 is 0. The number of rotatable bonds is 6. The van der Waals surface area contributed by atoms with Crippen molar-refractivity contribution < 1.29 is 22.7 Å². The summed E-state index contributed by atoms with van der Waals surface area (Å²) in [6.45, 7) is 1.93. The smallest absolute Gasteiger partial charge is 0.406 e. The largest absolute Gasteiger partial charge is 0.573 e. The summed E-state index contributed by atoms with van der Waals surface area (Å²) in [6.07, 6.45) is -3.05. The molecule has 1 aliphatic heterocycles. The van der Waals surface area contributed by atoms with Crippen LogP contribution in [0.25, 0.3) is 0 Å². The van der Waals surface area contributed by atoms with E-state index >= 15 is 0 Å². The first-order chi connectivity index (χ1) is 16.2. The Morgan fingerprint density at radius 2 is 1.74 bits per heavy atom. The molecule has 1 amide bonds. The van der Waals surface area contributed by atoms with Crippen LogP contribution in [0, 0.1) is 11.3 Å². The Morgan fingerprint density at radius 1 is 1.03 bits per heavy atom. The number of ether oxygens (including phenoxy) is 1. The van der Waals surface area contributed by atoms with Gasteiger partial charge in [0.05, 0.1) is 23.4 Å². The molecule has 0 fully saturated rings. The number of hydrogen-bond donors (Lipinski definition) is 1. The van der Waals surface area contributed by atoms with Gasteiger partial charge in [-0.05, 0) is 60.5 Å². The number of nitrogens with zero attached hydrogens (tertiary/aromatic N) is 2. The highest BCUT2D eigenvalue weighted by molar-refractivity contribution is 6.09. The second-order valence-electron chi connectivity index (χ2n) is 7.76. The summed E-state index contributed by atoms with van der Waals surface area (Å²) in [5.41, 5.74) is 2.89. The van der Waals surface area contributed by atoms with Crippen LogP contribution in [0.3, 0.4) is 0 Å². The van der Waals surface area contributed by atoms with Gasteiger partial charge in [-0.3, -0.25) is 9.69 Å². The molecular weight excluding hydrogens is 443 g/mol. The van der Waals surface area contributed by atoms with Crippen molar-refractivity contribution in [3.8, 4) is 11.8 Å². The van der Waals surface area contributed by atoms with Crippen LogP contribution in [0.2, 0.25) is 0 Å². The van der Waals surface area contributed by atoms with Crippen molar-refractivity contribution in [2.75, 3.05) is 4.90 Å². The monoisotopic (exact) mass is 463 g/mol. The van der Waals surface area contributed by atoms with Crippen molar-refractivity contribution in [2.24, 2.45) is 0 Å². The summed E-state index contributed by atoms with van der Waals surface area (Å²) in [4.78, 5) is 14.9. The molecule has 172 valence electrons. The van der Waals surface area contributed by atoms with Crippen molar-refractivity contribution in [3.63, 3.8) is 0 Å². The molecular formula is C26H20F3N3O2. The first-order valence-electron chi connectivity index (χ1n) is 10.5. The van der Waals surface area contributed by atoms with Crippen molar-refractivity contribution in [1.29, 1.82) is 5.26 Å². The summed E-state index contributed by atoms with van der Waals surface area (Å²) in [5.74, 6) is -0.713. The van der Waals surface area contributed by atoms with Gasteiger partial charge in [0.1, 0.15) is 5.75 Å². The zero-order valence-corrected chi connectivity index (χ0v) is 18.1. The maximum Gasteiger partial charge on any atom is 0.573 e. The van der Waals surface area contributed by atoms with E-state index in [-0.39, 0.29) is 17.7 Å². The SMILES string of the molecule is C[C@@H](NC1=C[C@@H](c2cccc(C#N)c2)N(c2ccc(OC(F)(F)F)cc2)C1=O)c1ccccc1. The Bertz CT molecular complexity index is 1250. The van der Waals surface area contributed by atoms with Crippen molar-refractivity contribution >= 4 is 11.6 Å². The maximum absolute atomic E-state index is 13.4. The lowest BCUT2D eigenvalue weighted by atomic mass is 10.0. The van der Waals surface area contributed by atoms with Gasteiger partial charge in [-0.25, -0.2) is 0 Å².